The molecule has 0 unspecified atom stereocenters. The van der Waals surface area contributed by atoms with E-state index in [0.29, 0.717) is 48.6 Å². The number of furan rings is 1. The Morgan fingerprint density at radius 3 is 2.67 bits per heavy atom. The first-order chi connectivity index (χ1) is 14.1. The zero-order valence-corrected chi connectivity index (χ0v) is 18.1. The number of hydrogen-bond donors (Lipinski definition) is 1. The van der Waals surface area contributed by atoms with E-state index in [2.05, 4.69) is 4.90 Å². The third-order valence-electron chi connectivity index (χ3n) is 5.65. The van der Waals surface area contributed by atoms with E-state index in [1.807, 2.05) is 31.2 Å². The van der Waals surface area contributed by atoms with Gasteiger partial charge in [-0.15, -0.1) is 0 Å². The zero-order chi connectivity index (χ0) is 21.6. The van der Waals surface area contributed by atoms with Crippen LogP contribution < -0.4 is 11.3 Å². The highest BCUT2D eigenvalue weighted by Gasteiger charge is 2.29. The van der Waals surface area contributed by atoms with E-state index >= 15 is 0 Å². The van der Waals surface area contributed by atoms with Crippen molar-refractivity contribution in [2.24, 2.45) is 7.05 Å². The fourth-order valence-electron chi connectivity index (χ4n) is 3.99. The van der Waals surface area contributed by atoms with Crippen molar-refractivity contribution in [2.75, 3.05) is 31.6 Å². The van der Waals surface area contributed by atoms with Crippen molar-refractivity contribution in [2.45, 2.75) is 19.5 Å². The van der Waals surface area contributed by atoms with Crippen molar-refractivity contribution in [3.05, 3.63) is 52.6 Å². The third kappa shape index (κ3) is 3.88. The number of aromatic nitrogens is 1. The van der Waals surface area contributed by atoms with Gasteiger partial charge in [-0.25, -0.2) is 8.42 Å². The van der Waals surface area contributed by atoms with E-state index in [0.717, 1.165) is 11.1 Å². The summed E-state index contributed by atoms with van der Waals surface area (Å²) in [5.74, 6) is 0.679. The summed E-state index contributed by atoms with van der Waals surface area (Å²) in [5, 5.41) is 0.523. The minimum Gasteiger partial charge on any atom is -0.459 e. The van der Waals surface area contributed by atoms with Crippen molar-refractivity contribution in [1.82, 2.24) is 13.8 Å². The van der Waals surface area contributed by atoms with E-state index < -0.39 is 10.0 Å². The maximum absolute atomic E-state index is 12.7. The summed E-state index contributed by atoms with van der Waals surface area (Å²) in [7, 11) is -1.48. The van der Waals surface area contributed by atoms with Crippen LogP contribution in [0.2, 0.25) is 0 Å². The van der Waals surface area contributed by atoms with Crippen LogP contribution in [0.5, 0.6) is 0 Å². The topological polar surface area (TPSA) is 102 Å². The Labute approximate surface area is 175 Å². The smallest absolute Gasteiger partial charge is 0.261 e. The molecule has 0 amide bonds. The van der Waals surface area contributed by atoms with Crippen LogP contribution in [0.15, 0.2) is 45.7 Å². The SMILES string of the molecule is C[C@@H]1CN(S(C)(=O)=O)CCN1Cc1cc2c(=O)n(C)cc(-c3cccc(N)c3)c2o1. The fraction of sp³-hybridized carbons (Fsp3) is 0.381. The van der Waals surface area contributed by atoms with E-state index in [1.54, 1.807) is 23.9 Å². The molecule has 0 saturated carbocycles. The predicted molar refractivity (Wildman–Crippen MR) is 118 cm³/mol. The summed E-state index contributed by atoms with van der Waals surface area (Å²) in [6, 6.07) is 9.31. The summed E-state index contributed by atoms with van der Waals surface area (Å²) in [4.78, 5) is 14.9. The molecule has 1 aliphatic heterocycles. The number of nitrogens with two attached hydrogens (primary N) is 1. The van der Waals surface area contributed by atoms with Gasteiger partial charge in [0.1, 0.15) is 11.3 Å². The standard InChI is InChI=1S/C21H26N4O4S/c1-14-11-25(30(3,27)28)8-7-24(14)12-17-10-18-20(29-17)19(13-23(2)21(18)26)15-5-4-6-16(22)9-15/h4-6,9-10,13-14H,7-8,11-12,22H2,1-3H3/t14-/m1/s1. The molecule has 0 aliphatic carbocycles. The molecule has 8 nitrogen and oxygen atoms in total. The number of benzene rings is 1. The molecule has 1 aliphatic rings. The van der Waals surface area contributed by atoms with Gasteiger partial charge >= 0.3 is 0 Å². The molecular formula is C21H26N4O4S. The van der Waals surface area contributed by atoms with Crippen LogP contribution >= 0.6 is 0 Å². The molecule has 160 valence electrons. The first-order valence-electron chi connectivity index (χ1n) is 9.80. The van der Waals surface area contributed by atoms with E-state index in [-0.39, 0.29) is 11.6 Å². The molecular weight excluding hydrogens is 404 g/mol. The highest BCUT2D eigenvalue weighted by Crippen LogP contribution is 2.31. The van der Waals surface area contributed by atoms with Gasteiger partial charge in [0.2, 0.25) is 10.0 Å². The molecule has 3 aromatic rings. The number of nitrogens with zero attached hydrogens (tertiary/aromatic N) is 3. The van der Waals surface area contributed by atoms with Gasteiger partial charge in [0.15, 0.2) is 0 Å². The van der Waals surface area contributed by atoms with Crippen LogP contribution in [0, 0.1) is 0 Å². The fourth-order valence-corrected chi connectivity index (χ4v) is 4.89. The summed E-state index contributed by atoms with van der Waals surface area (Å²) in [6.45, 7) is 3.99. The quantitative estimate of drug-likeness (QED) is 0.634. The van der Waals surface area contributed by atoms with Crippen molar-refractivity contribution >= 4 is 26.7 Å². The zero-order valence-electron chi connectivity index (χ0n) is 17.3. The molecule has 1 fully saturated rings. The number of aryl methyl sites for hydroxylation is 1. The van der Waals surface area contributed by atoms with E-state index in [9.17, 15) is 13.2 Å². The van der Waals surface area contributed by atoms with Gasteiger partial charge in [-0.05, 0) is 30.7 Å². The Kier molecular flexibility index (Phi) is 5.21. The van der Waals surface area contributed by atoms with Crippen LogP contribution in [-0.2, 0) is 23.6 Å². The number of fused-ring (bicyclic) bond motifs is 1. The highest BCUT2D eigenvalue weighted by atomic mass is 32.2. The van der Waals surface area contributed by atoms with Crippen molar-refractivity contribution in [3.63, 3.8) is 0 Å². The monoisotopic (exact) mass is 430 g/mol. The first kappa shape index (κ1) is 20.6. The summed E-state index contributed by atoms with van der Waals surface area (Å²) in [5.41, 5.74) is 8.69. The molecule has 30 heavy (non-hydrogen) atoms. The lowest BCUT2D eigenvalue weighted by Crippen LogP contribution is -2.52. The molecule has 0 bridgehead atoms. The van der Waals surface area contributed by atoms with Gasteiger partial charge in [0.25, 0.3) is 5.56 Å². The summed E-state index contributed by atoms with van der Waals surface area (Å²) >= 11 is 0. The van der Waals surface area contributed by atoms with Gasteiger partial charge in [-0.2, -0.15) is 4.31 Å². The number of rotatable bonds is 4. The van der Waals surface area contributed by atoms with Crippen molar-refractivity contribution < 1.29 is 12.8 Å². The highest BCUT2D eigenvalue weighted by molar-refractivity contribution is 7.88. The second kappa shape index (κ2) is 7.57. The first-order valence-corrected chi connectivity index (χ1v) is 11.7. The van der Waals surface area contributed by atoms with Gasteiger partial charge in [0.05, 0.1) is 18.2 Å². The van der Waals surface area contributed by atoms with Gasteiger partial charge in [0, 0.05) is 50.2 Å². The Morgan fingerprint density at radius 2 is 2.00 bits per heavy atom. The average Bonchev–Trinajstić information content (AvgIpc) is 3.09. The second-order valence-corrected chi connectivity index (χ2v) is 9.96. The summed E-state index contributed by atoms with van der Waals surface area (Å²) in [6.07, 6.45) is 3.00. The molecule has 0 spiro atoms. The lowest BCUT2D eigenvalue weighted by atomic mass is 10.1. The lowest BCUT2D eigenvalue weighted by Gasteiger charge is -2.38. The maximum Gasteiger partial charge on any atom is 0.261 e. The Hall–Kier alpha value is -2.62. The largest absolute Gasteiger partial charge is 0.459 e. The number of sulfonamides is 1. The van der Waals surface area contributed by atoms with Gasteiger partial charge in [-0.3, -0.25) is 9.69 Å². The molecule has 2 N–H and O–H groups in total. The van der Waals surface area contributed by atoms with Crippen LogP contribution in [-0.4, -0.2) is 54.1 Å². The Bertz CT molecular complexity index is 1260. The van der Waals surface area contributed by atoms with Crippen molar-refractivity contribution in [1.29, 1.82) is 0 Å². The minimum absolute atomic E-state index is 0.0397. The molecule has 1 aromatic carbocycles. The molecule has 2 aromatic heterocycles. The Balaban J connectivity index is 1.68. The lowest BCUT2D eigenvalue weighted by molar-refractivity contribution is 0.115. The van der Waals surface area contributed by atoms with E-state index in [4.69, 9.17) is 10.2 Å². The average molecular weight is 431 g/mol. The Morgan fingerprint density at radius 1 is 1.23 bits per heavy atom. The molecule has 1 saturated heterocycles. The molecule has 1 atom stereocenters. The second-order valence-electron chi connectivity index (χ2n) is 7.98. The number of pyridine rings is 1. The van der Waals surface area contributed by atoms with Crippen LogP contribution in [0.1, 0.15) is 12.7 Å². The van der Waals surface area contributed by atoms with Gasteiger partial charge in [-0.1, -0.05) is 12.1 Å². The molecule has 4 rings (SSSR count). The number of nitrogen functional groups attached to an aromatic ring is 1. The normalized spacial score (nSPS) is 18.8. The predicted octanol–water partition coefficient (Wildman–Crippen LogP) is 1.85. The van der Waals surface area contributed by atoms with Crippen LogP contribution in [0.25, 0.3) is 22.1 Å². The number of anilines is 1. The van der Waals surface area contributed by atoms with Crippen LogP contribution in [0.3, 0.4) is 0 Å². The van der Waals surface area contributed by atoms with E-state index in [1.165, 1.54) is 10.6 Å². The van der Waals surface area contributed by atoms with Crippen LogP contribution in [0.4, 0.5) is 5.69 Å². The molecule has 9 heteroatoms. The van der Waals surface area contributed by atoms with Gasteiger partial charge < -0.3 is 14.7 Å². The molecule has 3 heterocycles. The summed E-state index contributed by atoms with van der Waals surface area (Å²) < 4.78 is 32.8. The van der Waals surface area contributed by atoms with Crippen molar-refractivity contribution in [3.8, 4) is 11.1 Å². The minimum atomic E-state index is -3.20. The third-order valence-corrected chi connectivity index (χ3v) is 6.92. The maximum atomic E-state index is 12.7. The molecule has 0 radical (unpaired) electrons. The number of piperazine rings is 1. The number of hydrogen-bond acceptors (Lipinski definition) is 6.